The van der Waals surface area contributed by atoms with Crippen molar-refractivity contribution >= 4 is 28.5 Å². The molecule has 0 saturated heterocycles. The number of anilines is 1. The molecule has 1 aliphatic rings. The van der Waals surface area contributed by atoms with Crippen LogP contribution in [0.25, 0.3) is 10.9 Å². The highest BCUT2D eigenvalue weighted by Gasteiger charge is 2.38. The van der Waals surface area contributed by atoms with Gasteiger partial charge in [0.2, 0.25) is 0 Å². The molecule has 0 bridgehead atoms. The summed E-state index contributed by atoms with van der Waals surface area (Å²) in [7, 11) is 1.80. The number of imide groups is 1. The second-order valence-corrected chi connectivity index (χ2v) is 4.96. The smallest absolute Gasteiger partial charge is 0.267 e. The van der Waals surface area contributed by atoms with Crippen LogP contribution in [0.15, 0.2) is 48.5 Å². The van der Waals surface area contributed by atoms with Crippen molar-refractivity contribution in [1.82, 2.24) is 9.78 Å². The van der Waals surface area contributed by atoms with Crippen molar-refractivity contribution in [3.63, 3.8) is 0 Å². The summed E-state index contributed by atoms with van der Waals surface area (Å²) in [6.07, 6.45) is 0. The topological polar surface area (TPSA) is 55.2 Å². The SMILES string of the molecule is CC.Cn1nc(N2C(=O)c3ccccc3C2=O)c2ccccc21. The lowest BCUT2D eigenvalue weighted by Gasteiger charge is -2.10. The van der Waals surface area contributed by atoms with E-state index in [0.717, 1.165) is 15.8 Å². The van der Waals surface area contributed by atoms with Crippen LogP contribution in [0.3, 0.4) is 0 Å². The molecule has 0 fully saturated rings. The minimum Gasteiger partial charge on any atom is -0.268 e. The van der Waals surface area contributed by atoms with Crippen LogP contribution >= 0.6 is 0 Å². The van der Waals surface area contributed by atoms with Crippen LogP contribution in [-0.4, -0.2) is 21.6 Å². The van der Waals surface area contributed by atoms with Gasteiger partial charge < -0.3 is 0 Å². The molecule has 2 aromatic carbocycles. The highest BCUT2D eigenvalue weighted by atomic mass is 16.2. The van der Waals surface area contributed by atoms with E-state index < -0.39 is 0 Å². The molecule has 4 rings (SSSR count). The first kappa shape index (κ1) is 15.0. The van der Waals surface area contributed by atoms with Crippen molar-refractivity contribution < 1.29 is 9.59 Å². The third-order valence-corrected chi connectivity index (χ3v) is 3.74. The highest BCUT2D eigenvalue weighted by molar-refractivity contribution is 6.35. The Morgan fingerprint density at radius 1 is 0.826 bits per heavy atom. The van der Waals surface area contributed by atoms with Gasteiger partial charge in [0.05, 0.1) is 16.6 Å². The van der Waals surface area contributed by atoms with E-state index in [2.05, 4.69) is 5.10 Å². The molecule has 0 unspecified atom stereocenters. The predicted octanol–water partition coefficient (Wildman–Crippen LogP) is 3.40. The molecular weight excluding hydrogens is 290 g/mol. The van der Waals surface area contributed by atoms with Crippen molar-refractivity contribution in [3.8, 4) is 0 Å². The summed E-state index contributed by atoms with van der Waals surface area (Å²) in [5.41, 5.74) is 1.73. The molecule has 1 aliphatic heterocycles. The first-order valence-corrected chi connectivity index (χ1v) is 7.58. The molecule has 0 spiro atoms. The molecule has 0 saturated carbocycles. The molecule has 2 heterocycles. The Balaban J connectivity index is 0.000000753. The number of amides is 2. The van der Waals surface area contributed by atoms with Crippen LogP contribution in [0.1, 0.15) is 34.6 Å². The van der Waals surface area contributed by atoms with E-state index in [9.17, 15) is 9.59 Å². The Labute approximate surface area is 134 Å². The Hall–Kier alpha value is -2.95. The van der Waals surface area contributed by atoms with Gasteiger partial charge in [-0.15, -0.1) is 0 Å². The molecule has 0 radical (unpaired) electrons. The lowest BCUT2D eigenvalue weighted by atomic mass is 10.1. The van der Waals surface area contributed by atoms with Crippen molar-refractivity contribution in [3.05, 3.63) is 59.7 Å². The number of benzene rings is 2. The maximum absolute atomic E-state index is 12.5. The summed E-state index contributed by atoms with van der Waals surface area (Å²) in [5.74, 6) is -0.252. The summed E-state index contributed by atoms with van der Waals surface area (Å²) >= 11 is 0. The van der Waals surface area contributed by atoms with Gasteiger partial charge >= 0.3 is 0 Å². The highest BCUT2D eigenvalue weighted by Crippen LogP contribution is 2.32. The van der Waals surface area contributed by atoms with E-state index in [1.165, 1.54) is 0 Å². The minimum absolute atomic E-state index is 0.320. The summed E-state index contributed by atoms with van der Waals surface area (Å²) in [4.78, 5) is 26.2. The Kier molecular flexibility index (Phi) is 3.70. The lowest BCUT2D eigenvalue weighted by Crippen LogP contribution is -2.30. The van der Waals surface area contributed by atoms with Crippen LogP contribution in [0.5, 0.6) is 0 Å². The van der Waals surface area contributed by atoms with E-state index in [1.807, 2.05) is 38.1 Å². The number of aryl methyl sites for hydroxylation is 1. The van der Waals surface area contributed by atoms with Crippen molar-refractivity contribution in [1.29, 1.82) is 0 Å². The van der Waals surface area contributed by atoms with Crippen LogP contribution < -0.4 is 4.90 Å². The predicted molar refractivity (Wildman–Crippen MR) is 89.6 cm³/mol. The number of carbonyl (C=O) groups is 2. The number of hydrogen-bond donors (Lipinski definition) is 0. The van der Waals surface area contributed by atoms with Gasteiger partial charge in [-0.2, -0.15) is 5.10 Å². The Morgan fingerprint density at radius 2 is 1.35 bits per heavy atom. The zero-order valence-corrected chi connectivity index (χ0v) is 13.3. The first-order valence-electron chi connectivity index (χ1n) is 7.58. The normalized spacial score (nSPS) is 13.1. The van der Waals surface area contributed by atoms with Crippen LogP contribution in [0, 0.1) is 0 Å². The number of fused-ring (bicyclic) bond motifs is 2. The third kappa shape index (κ3) is 2.12. The maximum atomic E-state index is 12.5. The summed E-state index contributed by atoms with van der Waals surface area (Å²) < 4.78 is 1.67. The molecule has 2 amide bonds. The van der Waals surface area contributed by atoms with Gasteiger partial charge in [-0.3, -0.25) is 14.3 Å². The van der Waals surface area contributed by atoms with Gasteiger partial charge in [0.1, 0.15) is 0 Å². The molecule has 3 aromatic rings. The molecule has 5 heteroatoms. The fraction of sp³-hybridized carbons (Fsp3) is 0.167. The zero-order valence-electron chi connectivity index (χ0n) is 13.3. The average molecular weight is 307 g/mol. The maximum Gasteiger partial charge on any atom is 0.267 e. The quantitative estimate of drug-likeness (QED) is 0.647. The van der Waals surface area contributed by atoms with Crippen molar-refractivity contribution in [2.75, 3.05) is 4.90 Å². The number of aromatic nitrogens is 2. The fourth-order valence-electron chi connectivity index (χ4n) is 2.74. The lowest BCUT2D eigenvalue weighted by molar-refractivity contribution is 0.0925. The van der Waals surface area contributed by atoms with Crippen LogP contribution in [0.2, 0.25) is 0 Å². The third-order valence-electron chi connectivity index (χ3n) is 3.74. The Bertz CT molecular complexity index is 877. The van der Waals surface area contributed by atoms with E-state index >= 15 is 0 Å². The molecular formula is C18H17N3O2. The van der Waals surface area contributed by atoms with Gasteiger partial charge in [-0.25, -0.2) is 4.90 Å². The number of rotatable bonds is 1. The van der Waals surface area contributed by atoms with Gasteiger partial charge in [0.15, 0.2) is 5.82 Å². The monoisotopic (exact) mass is 307 g/mol. The summed E-state index contributed by atoms with van der Waals surface area (Å²) in [5, 5.41) is 5.14. The Morgan fingerprint density at radius 3 is 1.96 bits per heavy atom. The summed E-state index contributed by atoms with van der Waals surface area (Å²) in [6.45, 7) is 4.00. The van der Waals surface area contributed by atoms with Gasteiger partial charge in [0.25, 0.3) is 11.8 Å². The van der Waals surface area contributed by atoms with Gasteiger partial charge in [-0.05, 0) is 24.3 Å². The van der Waals surface area contributed by atoms with Crippen molar-refractivity contribution in [2.24, 2.45) is 7.05 Å². The van der Waals surface area contributed by atoms with Crippen LogP contribution in [-0.2, 0) is 7.05 Å². The molecule has 0 N–H and O–H groups in total. The number of nitrogens with zero attached hydrogens (tertiary/aromatic N) is 3. The van der Waals surface area contributed by atoms with Gasteiger partial charge in [-0.1, -0.05) is 38.1 Å². The molecule has 116 valence electrons. The number of hydrogen-bond acceptors (Lipinski definition) is 3. The second kappa shape index (κ2) is 5.68. The fourth-order valence-corrected chi connectivity index (χ4v) is 2.74. The summed E-state index contributed by atoms with van der Waals surface area (Å²) in [6, 6.07) is 14.4. The molecule has 0 aliphatic carbocycles. The molecule has 0 atom stereocenters. The molecule has 5 nitrogen and oxygen atoms in total. The van der Waals surface area contributed by atoms with E-state index in [0.29, 0.717) is 16.9 Å². The second-order valence-electron chi connectivity index (χ2n) is 4.96. The molecule has 1 aromatic heterocycles. The van der Waals surface area contributed by atoms with E-state index in [4.69, 9.17) is 0 Å². The van der Waals surface area contributed by atoms with E-state index in [1.54, 1.807) is 36.0 Å². The zero-order chi connectivity index (χ0) is 16.6. The minimum atomic E-state index is -0.320. The number of carbonyl (C=O) groups excluding carboxylic acids is 2. The largest absolute Gasteiger partial charge is 0.268 e. The number of para-hydroxylation sites is 1. The van der Waals surface area contributed by atoms with E-state index in [-0.39, 0.29) is 11.8 Å². The first-order chi connectivity index (χ1) is 11.2. The average Bonchev–Trinajstić information content (AvgIpc) is 3.06. The van der Waals surface area contributed by atoms with Crippen LogP contribution in [0.4, 0.5) is 5.82 Å². The molecule has 23 heavy (non-hydrogen) atoms. The van der Waals surface area contributed by atoms with Crippen molar-refractivity contribution in [2.45, 2.75) is 13.8 Å². The standard InChI is InChI=1S/C16H11N3O2.C2H6/c1-18-13-9-5-4-8-12(13)14(17-18)19-15(20)10-6-2-3-7-11(10)16(19)21;1-2/h2-9H,1H3;1-2H3. The van der Waals surface area contributed by atoms with Gasteiger partial charge in [0, 0.05) is 12.4 Å².